The average Bonchev–Trinajstić information content (AvgIpc) is 3.02. The van der Waals surface area contributed by atoms with Crippen molar-refractivity contribution in [1.29, 1.82) is 0 Å². The molecule has 124 valence electrons. The van der Waals surface area contributed by atoms with E-state index < -0.39 is 11.6 Å². The molecule has 0 spiro atoms. The van der Waals surface area contributed by atoms with Crippen molar-refractivity contribution in [3.05, 3.63) is 46.3 Å². The maximum absolute atomic E-state index is 12.4. The van der Waals surface area contributed by atoms with Crippen molar-refractivity contribution >= 4 is 11.6 Å². The van der Waals surface area contributed by atoms with E-state index in [1.807, 2.05) is 0 Å². The minimum absolute atomic E-state index is 0.0241. The first-order valence-corrected chi connectivity index (χ1v) is 6.86. The van der Waals surface area contributed by atoms with E-state index in [-0.39, 0.29) is 17.9 Å². The largest absolute Gasteiger partial charge is 0.493 e. The highest BCUT2D eigenvalue weighted by Gasteiger charge is 2.15. The van der Waals surface area contributed by atoms with Crippen molar-refractivity contribution in [2.75, 3.05) is 14.2 Å². The summed E-state index contributed by atoms with van der Waals surface area (Å²) in [6, 6.07) is 5.25. The van der Waals surface area contributed by atoms with Gasteiger partial charge in [0.1, 0.15) is 6.33 Å². The number of aromatic nitrogens is 5. The first-order chi connectivity index (χ1) is 11.5. The zero-order valence-corrected chi connectivity index (χ0v) is 13.0. The van der Waals surface area contributed by atoms with Crippen LogP contribution in [-0.4, -0.2) is 44.5 Å². The zero-order chi connectivity index (χ0) is 17.3. The Bertz CT molecular complexity index is 977. The lowest BCUT2D eigenvalue weighted by atomic mass is 10.2. The molecule has 24 heavy (non-hydrogen) atoms. The van der Waals surface area contributed by atoms with Crippen LogP contribution in [0.5, 0.6) is 11.5 Å². The predicted molar refractivity (Wildman–Crippen MR) is 82.2 cm³/mol. The van der Waals surface area contributed by atoms with E-state index in [2.05, 4.69) is 15.3 Å². The van der Waals surface area contributed by atoms with Gasteiger partial charge in [-0.2, -0.15) is 4.68 Å². The molecule has 10 nitrogen and oxygen atoms in total. The summed E-state index contributed by atoms with van der Waals surface area (Å²) in [6.07, 6.45) is 1.19. The van der Waals surface area contributed by atoms with Crippen molar-refractivity contribution in [2.45, 2.75) is 6.54 Å². The summed E-state index contributed by atoms with van der Waals surface area (Å²) >= 11 is 0. The second-order valence-corrected chi connectivity index (χ2v) is 4.87. The number of primary amides is 1. The van der Waals surface area contributed by atoms with E-state index in [4.69, 9.17) is 15.2 Å². The summed E-state index contributed by atoms with van der Waals surface area (Å²) in [6.45, 7) is 0.159. The molecular formula is C14H14N6O4. The monoisotopic (exact) mass is 330 g/mol. The van der Waals surface area contributed by atoms with Gasteiger partial charge in [-0.1, -0.05) is 11.3 Å². The lowest BCUT2D eigenvalue weighted by Crippen LogP contribution is -2.30. The molecule has 3 rings (SSSR count). The maximum atomic E-state index is 12.4. The minimum Gasteiger partial charge on any atom is -0.493 e. The Morgan fingerprint density at radius 1 is 1.25 bits per heavy atom. The third-order valence-corrected chi connectivity index (χ3v) is 3.43. The summed E-state index contributed by atoms with van der Waals surface area (Å²) in [7, 11) is 3.06. The lowest BCUT2D eigenvalue weighted by molar-refractivity contribution is 0.0997. The van der Waals surface area contributed by atoms with Crippen molar-refractivity contribution in [1.82, 2.24) is 24.4 Å². The molecule has 1 amide bonds. The average molecular weight is 330 g/mol. The third kappa shape index (κ3) is 2.53. The molecule has 0 fully saturated rings. The highest BCUT2D eigenvalue weighted by Crippen LogP contribution is 2.27. The molecule has 0 aliphatic heterocycles. The molecule has 1 aromatic carbocycles. The number of methoxy groups -OCH3 is 2. The third-order valence-electron chi connectivity index (χ3n) is 3.43. The van der Waals surface area contributed by atoms with Gasteiger partial charge in [0.2, 0.25) is 0 Å². The number of carbonyl (C=O) groups is 1. The molecule has 0 radical (unpaired) electrons. The number of benzene rings is 1. The van der Waals surface area contributed by atoms with Crippen LogP contribution in [0.4, 0.5) is 0 Å². The highest BCUT2D eigenvalue weighted by atomic mass is 16.5. The Morgan fingerprint density at radius 3 is 2.67 bits per heavy atom. The number of hydrogen-bond donors (Lipinski definition) is 1. The molecule has 0 aliphatic carbocycles. The summed E-state index contributed by atoms with van der Waals surface area (Å²) in [5.41, 5.74) is 5.37. The fourth-order valence-corrected chi connectivity index (χ4v) is 2.26. The molecule has 0 bridgehead atoms. The summed E-state index contributed by atoms with van der Waals surface area (Å²) in [4.78, 5) is 27.4. The van der Waals surface area contributed by atoms with Gasteiger partial charge in [0.05, 0.1) is 20.8 Å². The summed E-state index contributed by atoms with van der Waals surface area (Å²) in [5, 5.41) is 7.68. The van der Waals surface area contributed by atoms with E-state index in [1.54, 1.807) is 18.2 Å². The molecule has 0 saturated heterocycles. The number of amides is 1. The van der Waals surface area contributed by atoms with Gasteiger partial charge < -0.3 is 15.2 Å². The Kier molecular flexibility index (Phi) is 3.86. The van der Waals surface area contributed by atoms with Crippen LogP contribution in [0.25, 0.3) is 5.65 Å². The summed E-state index contributed by atoms with van der Waals surface area (Å²) in [5.74, 6) is 0.343. The lowest BCUT2D eigenvalue weighted by Gasteiger charge is -2.10. The van der Waals surface area contributed by atoms with Gasteiger partial charge in [0.25, 0.3) is 5.91 Å². The van der Waals surface area contributed by atoms with Crippen LogP contribution in [0, 0.1) is 0 Å². The number of hydrogen-bond acceptors (Lipinski definition) is 7. The Hall–Kier alpha value is -3.43. The molecule has 3 aromatic rings. The normalized spacial score (nSPS) is 10.8. The van der Waals surface area contributed by atoms with Gasteiger partial charge in [-0.05, 0) is 17.7 Å². The molecule has 0 saturated carbocycles. The van der Waals surface area contributed by atoms with Crippen molar-refractivity contribution < 1.29 is 14.3 Å². The number of nitrogens with two attached hydrogens (primary N) is 1. The zero-order valence-electron chi connectivity index (χ0n) is 13.0. The minimum atomic E-state index is -0.774. The molecular weight excluding hydrogens is 316 g/mol. The van der Waals surface area contributed by atoms with Crippen molar-refractivity contribution in [3.8, 4) is 11.5 Å². The van der Waals surface area contributed by atoms with E-state index in [1.165, 1.54) is 20.5 Å². The van der Waals surface area contributed by atoms with E-state index in [9.17, 15) is 9.59 Å². The van der Waals surface area contributed by atoms with Gasteiger partial charge >= 0.3 is 5.69 Å². The number of ether oxygens (including phenoxy) is 2. The quantitative estimate of drug-likeness (QED) is 0.665. The van der Waals surface area contributed by atoms with Gasteiger partial charge in [0, 0.05) is 0 Å². The smallest absolute Gasteiger partial charge is 0.353 e. The molecule has 2 aromatic heterocycles. The number of nitrogens with zero attached hydrogens (tertiary/aromatic N) is 5. The van der Waals surface area contributed by atoms with Gasteiger partial charge in [0.15, 0.2) is 22.8 Å². The van der Waals surface area contributed by atoms with Crippen molar-refractivity contribution in [3.63, 3.8) is 0 Å². The molecule has 10 heteroatoms. The maximum Gasteiger partial charge on any atom is 0.353 e. The van der Waals surface area contributed by atoms with Crippen LogP contribution >= 0.6 is 0 Å². The standard InChI is InChI=1S/C14H14N6O4/c1-23-9-4-3-8(5-10(9)24-2)6-20-14(22)19-7-16-11(12(15)21)13(19)17-18-20/h3-5,7H,6H2,1-2H3,(H2,15,21). The van der Waals surface area contributed by atoms with Crippen LogP contribution in [0.2, 0.25) is 0 Å². The molecule has 2 N–H and O–H groups in total. The van der Waals surface area contributed by atoms with Crippen LogP contribution in [0.3, 0.4) is 0 Å². The Morgan fingerprint density at radius 2 is 2.00 bits per heavy atom. The number of carbonyl (C=O) groups excluding carboxylic acids is 1. The van der Waals surface area contributed by atoms with E-state index >= 15 is 0 Å². The summed E-state index contributed by atoms with van der Waals surface area (Å²) < 4.78 is 12.7. The second kappa shape index (κ2) is 5.99. The van der Waals surface area contributed by atoms with Crippen molar-refractivity contribution in [2.24, 2.45) is 5.73 Å². The SMILES string of the molecule is COc1ccc(Cn2nnc3c(C(N)=O)ncn3c2=O)cc1OC. The van der Waals surface area contributed by atoms with Crippen LogP contribution in [0.15, 0.2) is 29.3 Å². The topological polar surface area (TPSA) is 127 Å². The second-order valence-electron chi connectivity index (χ2n) is 4.87. The van der Waals surface area contributed by atoms with Gasteiger partial charge in [-0.3, -0.25) is 4.79 Å². The van der Waals surface area contributed by atoms with Crippen LogP contribution in [-0.2, 0) is 6.54 Å². The van der Waals surface area contributed by atoms with Gasteiger partial charge in [-0.15, -0.1) is 5.10 Å². The fourth-order valence-electron chi connectivity index (χ4n) is 2.26. The number of imidazole rings is 1. The molecule has 0 atom stereocenters. The first kappa shape index (κ1) is 15.5. The van der Waals surface area contributed by atoms with E-state index in [0.717, 1.165) is 14.6 Å². The Balaban J connectivity index is 2.00. The van der Waals surface area contributed by atoms with E-state index in [0.29, 0.717) is 11.5 Å². The van der Waals surface area contributed by atoms with Gasteiger partial charge in [-0.25, -0.2) is 14.2 Å². The number of rotatable bonds is 5. The number of fused-ring (bicyclic) bond motifs is 1. The molecule has 0 aliphatic rings. The molecule has 0 unspecified atom stereocenters. The van der Waals surface area contributed by atoms with Crippen LogP contribution in [0.1, 0.15) is 16.1 Å². The predicted octanol–water partition coefficient (Wildman–Crippen LogP) is -0.550. The first-order valence-electron chi connectivity index (χ1n) is 6.86. The Labute approximate surface area is 135 Å². The molecule has 2 heterocycles. The fraction of sp³-hybridized carbons (Fsp3) is 0.214. The van der Waals surface area contributed by atoms with Crippen LogP contribution < -0.4 is 20.9 Å². The highest BCUT2D eigenvalue weighted by molar-refractivity contribution is 5.96.